The standard InChI is InChI=1S/C18H24N6O5/c1-4-10-6-12-11(5-9(10)2)19-15(17-20-22-23(3)21-17)18(29)24(12)7-13(26)16(28)14(27)8-25/h5-6,13-14,16,25-28H,4,7-8H2,1-3H3/t13-,14+,16-/m0/s1. The molecule has 3 aromatic rings. The van der Waals surface area contributed by atoms with E-state index < -0.39 is 30.5 Å². The highest BCUT2D eigenvalue weighted by atomic mass is 16.4. The number of nitrogens with zero attached hydrogens (tertiary/aromatic N) is 6. The van der Waals surface area contributed by atoms with Crippen molar-refractivity contribution in [3.8, 4) is 11.5 Å². The molecule has 0 aliphatic carbocycles. The van der Waals surface area contributed by atoms with Crippen molar-refractivity contribution in [2.75, 3.05) is 6.61 Å². The van der Waals surface area contributed by atoms with Crippen LogP contribution in [0.4, 0.5) is 0 Å². The summed E-state index contributed by atoms with van der Waals surface area (Å²) < 4.78 is 1.27. The van der Waals surface area contributed by atoms with Crippen molar-refractivity contribution in [1.82, 2.24) is 29.8 Å². The average Bonchev–Trinajstić information content (AvgIpc) is 3.14. The van der Waals surface area contributed by atoms with Gasteiger partial charge in [0.1, 0.15) is 18.3 Å². The number of aliphatic hydroxyl groups is 4. The van der Waals surface area contributed by atoms with Crippen LogP contribution in [-0.4, -0.2) is 75.1 Å². The Balaban J connectivity index is 2.21. The van der Waals surface area contributed by atoms with E-state index in [2.05, 4.69) is 20.4 Å². The lowest BCUT2D eigenvalue weighted by molar-refractivity contribution is -0.0805. The second-order valence-electron chi connectivity index (χ2n) is 6.91. The third kappa shape index (κ3) is 4.03. The zero-order valence-corrected chi connectivity index (χ0v) is 16.4. The SMILES string of the molecule is CCc1cc2c(cc1C)nc(-c1nnn(C)n1)c(=O)n2C[C@H](O)[C@H](O)[C@H](O)CO. The van der Waals surface area contributed by atoms with Crippen LogP contribution >= 0.6 is 0 Å². The fourth-order valence-corrected chi connectivity index (χ4v) is 3.18. The summed E-state index contributed by atoms with van der Waals surface area (Å²) in [6, 6.07) is 3.64. The molecule has 0 unspecified atom stereocenters. The summed E-state index contributed by atoms with van der Waals surface area (Å²) in [5, 5.41) is 50.6. The van der Waals surface area contributed by atoms with Crippen molar-refractivity contribution >= 4 is 11.0 Å². The van der Waals surface area contributed by atoms with Crippen molar-refractivity contribution in [2.24, 2.45) is 7.05 Å². The molecule has 0 saturated heterocycles. The molecule has 2 heterocycles. The van der Waals surface area contributed by atoms with Gasteiger partial charge in [-0.2, -0.15) is 4.80 Å². The summed E-state index contributed by atoms with van der Waals surface area (Å²) in [7, 11) is 1.56. The number of benzene rings is 1. The number of aromatic nitrogens is 6. The Morgan fingerprint density at radius 2 is 1.90 bits per heavy atom. The minimum absolute atomic E-state index is 0.0378. The molecule has 0 aliphatic rings. The van der Waals surface area contributed by atoms with Crippen molar-refractivity contribution in [1.29, 1.82) is 0 Å². The van der Waals surface area contributed by atoms with Crippen LogP contribution in [0.2, 0.25) is 0 Å². The van der Waals surface area contributed by atoms with E-state index >= 15 is 0 Å². The molecule has 29 heavy (non-hydrogen) atoms. The molecule has 0 amide bonds. The number of aryl methyl sites for hydroxylation is 3. The van der Waals surface area contributed by atoms with Gasteiger partial charge in [-0.25, -0.2) is 4.98 Å². The number of hydrogen-bond donors (Lipinski definition) is 4. The van der Waals surface area contributed by atoms with E-state index in [0.29, 0.717) is 11.0 Å². The van der Waals surface area contributed by atoms with Crippen LogP contribution in [0.5, 0.6) is 0 Å². The molecule has 0 bridgehead atoms. The lowest BCUT2D eigenvalue weighted by Crippen LogP contribution is -2.43. The number of tetrazole rings is 1. The maximum atomic E-state index is 13.2. The molecule has 0 radical (unpaired) electrons. The third-order valence-electron chi connectivity index (χ3n) is 4.85. The summed E-state index contributed by atoms with van der Waals surface area (Å²) >= 11 is 0. The van der Waals surface area contributed by atoms with Gasteiger partial charge in [0.05, 0.1) is 31.2 Å². The van der Waals surface area contributed by atoms with Gasteiger partial charge in [-0.05, 0) is 41.8 Å². The number of fused-ring (bicyclic) bond motifs is 1. The van der Waals surface area contributed by atoms with Gasteiger partial charge in [-0.1, -0.05) is 6.92 Å². The predicted molar refractivity (Wildman–Crippen MR) is 103 cm³/mol. The zero-order chi connectivity index (χ0) is 21.3. The number of rotatable bonds is 7. The summed E-state index contributed by atoms with van der Waals surface area (Å²) in [4.78, 5) is 18.8. The smallest absolute Gasteiger partial charge is 0.281 e. The van der Waals surface area contributed by atoms with E-state index in [9.17, 15) is 20.1 Å². The average molecular weight is 404 g/mol. The minimum atomic E-state index is -1.63. The normalized spacial score (nSPS) is 14.9. The molecule has 4 N–H and O–H groups in total. The summed E-state index contributed by atoms with van der Waals surface area (Å²) in [6.07, 6.45) is -3.94. The summed E-state index contributed by atoms with van der Waals surface area (Å²) in [6.45, 7) is 2.87. The Morgan fingerprint density at radius 1 is 1.17 bits per heavy atom. The lowest BCUT2D eigenvalue weighted by Gasteiger charge is -2.23. The molecule has 3 rings (SSSR count). The van der Waals surface area contributed by atoms with Crippen LogP contribution < -0.4 is 5.56 Å². The maximum Gasteiger partial charge on any atom is 0.281 e. The molecule has 1 aromatic carbocycles. The second-order valence-corrected chi connectivity index (χ2v) is 6.91. The second kappa shape index (κ2) is 8.33. The molecule has 11 heteroatoms. The van der Waals surface area contributed by atoms with E-state index in [4.69, 9.17) is 5.11 Å². The highest BCUT2D eigenvalue weighted by molar-refractivity contribution is 5.79. The van der Waals surface area contributed by atoms with E-state index in [1.54, 1.807) is 7.05 Å². The fraction of sp³-hybridized carbons (Fsp3) is 0.500. The zero-order valence-electron chi connectivity index (χ0n) is 16.4. The molecule has 0 saturated carbocycles. The van der Waals surface area contributed by atoms with E-state index in [1.807, 2.05) is 26.0 Å². The summed E-state index contributed by atoms with van der Waals surface area (Å²) in [5.41, 5.74) is 2.34. The van der Waals surface area contributed by atoms with Gasteiger partial charge < -0.3 is 25.0 Å². The van der Waals surface area contributed by atoms with Gasteiger partial charge in [0.25, 0.3) is 5.56 Å². The van der Waals surface area contributed by atoms with Gasteiger partial charge in [0, 0.05) is 0 Å². The van der Waals surface area contributed by atoms with Gasteiger partial charge in [0.15, 0.2) is 5.69 Å². The van der Waals surface area contributed by atoms with E-state index in [0.717, 1.165) is 17.5 Å². The van der Waals surface area contributed by atoms with Crippen molar-refractivity contribution in [2.45, 2.75) is 45.1 Å². The molecule has 0 aliphatic heterocycles. The lowest BCUT2D eigenvalue weighted by atomic mass is 10.0. The first-order valence-corrected chi connectivity index (χ1v) is 9.20. The Labute approximate surface area is 165 Å². The highest BCUT2D eigenvalue weighted by Gasteiger charge is 2.26. The molecule has 11 nitrogen and oxygen atoms in total. The first-order valence-electron chi connectivity index (χ1n) is 9.20. The first kappa shape index (κ1) is 21.0. The molecule has 2 aromatic heterocycles. The molecule has 3 atom stereocenters. The van der Waals surface area contributed by atoms with Crippen LogP contribution in [0.1, 0.15) is 18.1 Å². The van der Waals surface area contributed by atoms with E-state index in [-0.39, 0.29) is 18.1 Å². The Morgan fingerprint density at radius 3 is 2.48 bits per heavy atom. The van der Waals surface area contributed by atoms with Crippen LogP contribution in [0.3, 0.4) is 0 Å². The Bertz CT molecular complexity index is 1080. The van der Waals surface area contributed by atoms with Crippen LogP contribution in [0, 0.1) is 6.92 Å². The largest absolute Gasteiger partial charge is 0.394 e. The van der Waals surface area contributed by atoms with Crippen molar-refractivity contribution in [3.05, 3.63) is 33.6 Å². The van der Waals surface area contributed by atoms with Gasteiger partial charge in [0.2, 0.25) is 5.82 Å². The first-order chi connectivity index (χ1) is 13.8. The fourth-order valence-electron chi connectivity index (χ4n) is 3.18. The molecule has 156 valence electrons. The minimum Gasteiger partial charge on any atom is -0.394 e. The van der Waals surface area contributed by atoms with Crippen LogP contribution in [-0.2, 0) is 20.0 Å². The summed E-state index contributed by atoms with van der Waals surface area (Å²) in [5.74, 6) is 0.0378. The maximum absolute atomic E-state index is 13.2. The highest BCUT2D eigenvalue weighted by Crippen LogP contribution is 2.21. The van der Waals surface area contributed by atoms with E-state index in [1.165, 1.54) is 9.36 Å². The van der Waals surface area contributed by atoms with Crippen molar-refractivity contribution in [3.63, 3.8) is 0 Å². The van der Waals surface area contributed by atoms with Crippen LogP contribution in [0.15, 0.2) is 16.9 Å². The van der Waals surface area contributed by atoms with Crippen LogP contribution in [0.25, 0.3) is 22.6 Å². The Hall–Kier alpha value is -2.73. The molecular formula is C18H24N6O5. The monoisotopic (exact) mass is 404 g/mol. The Kier molecular flexibility index (Phi) is 6.03. The molecular weight excluding hydrogens is 380 g/mol. The van der Waals surface area contributed by atoms with Gasteiger partial charge >= 0.3 is 0 Å². The number of hydrogen-bond acceptors (Lipinski definition) is 9. The molecule has 0 fully saturated rings. The predicted octanol–water partition coefficient (Wildman–Crippen LogP) is -1.47. The third-order valence-corrected chi connectivity index (χ3v) is 4.85. The van der Waals surface area contributed by atoms with Crippen molar-refractivity contribution < 1.29 is 20.4 Å². The topological polar surface area (TPSA) is 159 Å². The number of aliphatic hydroxyl groups excluding tert-OH is 4. The van der Waals surface area contributed by atoms with Gasteiger partial charge in [-0.15, -0.1) is 10.2 Å². The molecule has 0 spiro atoms. The quantitative estimate of drug-likeness (QED) is 0.369. The van der Waals surface area contributed by atoms with Gasteiger partial charge in [-0.3, -0.25) is 4.79 Å².